The molecule has 2 saturated carbocycles. The van der Waals surface area contributed by atoms with Crippen LogP contribution in [0.25, 0.3) is 0 Å². The third kappa shape index (κ3) is 1.99. The first-order chi connectivity index (χ1) is 7.40. The van der Waals surface area contributed by atoms with Crippen molar-refractivity contribution in [1.82, 2.24) is 4.98 Å². The van der Waals surface area contributed by atoms with Gasteiger partial charge in [0.25, 0.3) is 0 Å². The fraction of sp³-hybridized carbons (Fsp3) is 0.615. The minimum atomic E-state index is 0.422. The molecule has 2 fully saturated rings. The molecule has 0 amide bonds. The van der Waals surface area contributed by atoms with E-state index in [1.54, 1.807) is 6.20 Å². The highest BCUT2D eigenvalue weighted by Crippen LogP contribution is 2.42. The normalized spacial score (nSPS) is 34.0. The number of rotatable bonds is 2. The largest absolute Gasteiger partial charge is 0.474 e. The number of pyridine rings is 1. The summed E-state index contributed by atoms with van der Waals surface area (Å²) in [6, 6.07) is 5.87. The average molecular weight is 203 g/mol. The predicted octanol–water partition coefficient (Wildman–Crippen LogP) is 3.04. The molecule has 0 N–H and O–H groups in total. The summed E-state index contributed by atoms with van der Waals surface area (Å²) in [5.74, 6) is 2.65. The van der Waals surface area contributed by atoms with Crippen LogP contribution in [0, 0.1) is 11.8 Å². The minimum absolute atomic E-state index is 0.422. The van der Waals surface area contributed by atoms with Gasteiger partial charge in [-0.3, -0.25) is 0 Å². The number of aromatic nitrogens is 1. The van der Waals surface area contributed by atoms with Crippen molar-refractivity contribution >= 4 is 0 Å². The molecular weight excluding hydrogens is 186 g/mol. The lowest BCUT2D eigenvalue weighted by molar-refractivity contribution is 0.114. The van der Waals surface area contributed by atoms with Crippen LogP contribution in [0.15, 0.2) is 24.4 Å². The Bertz CT molecular complexity index is 313. The summed E-state index contributed by atoms with van der Waals surface area (Å²) in [6.45, 7) is 0. The Hall–Kier alpha value is -1.05. The van der Waals surface area contributed by atoms with E-state index in [4.69, 9.17) is 4.74 Å². The van der Waals surface area contributed by atoms with Crippen LogP contribution in [-0.2, 0) is 0 Å². The van der Waals surface area contributed by atoms with Crippen LogP contribution in [0.3, 0.4) is 0 Å². The molecule has 2 aliphatic carbocycles. The van der Waals surface area contributed by atoms with Crippen LogP contribution >= 0.6 is 0 Å². The molecule has 15 heavy (non-hydrogen) atoms. The molecule has 3 rings (SSSR count). The molecule has 0 radical (unpaired) electrons. The highest BCUT2D eigenvalue weighted by molar-refractivity contribution is 5.10. The van der Waals surface area contributed by atoms with Gasteiger partial charge in [-0.1, -0.05) is 18.9 Å². The SMILES string of the molecule is c1ccc(OC2C[C@H]3CC[C@@H](C2)C3)nc1. The zero-order valence-electron chi connectivity index (χ0n) is 8.93. The molecule has 1 heterocycles. The highest BCUT2D eigenvalue weighted by atomic mass is 16.5. The van der Waals surface area contributed by atoms with Crippen LogP contribution in [0.5, 0.6) is 5.88 Å². The number of ether oxygens (including phenoxy) is 1. The minimum Gasteiger partial charge on any atom is -0.474 e. The molecule has 0 spiro atoms. The lowest BCUT2D eigenvalue weighted by Gasteiger charge is -2.27. The second-order valence-electron chi connectivity index (χ2n) is 4.92. The first-order valence-electron chi connectivity index (χ1n) is 5.98. The van der Waals surface area contributed by atoms with Crippen molar-refractivity contribution in [3.05, 3.63) is 24.4 Å². The van der Waals surface area contributed by atoms with E-state index in [2.05, 4.69) is 4.98 Å². The van der Waals surface area contributed by atoms with Gasteiger partial charge >= 0.3 is 0 Å². The van der Waals surface area contributed by atoms with Crippen molar-refractivity contribution in [3.63, 3.8) is 0 Å². The zero-order valence-corrected chi connectivity index (χ0v) is 8.93. The van der Waals surface area contributed by atoms with Gasteiger partial charge < -0.3 is 4.74 Å². The maximum Gasteiger partial charge on any atom is 0.213 e. The predicted molar refractivity (Wildman–Crippen MR) is 58.7 cm³/mol. The van der Waals surface area contributed by atoms with Gasteiger partial charge in [-0.15, -0.1) is 0 Å². The monoisotopic (exact) mass is 203 g/mol. The Morgan fingerprint density at radius 2 is 1.87 bits per heavy atom. The van der Waals surface area contributed by atoms with Crippen LogP contribution in [0.1, 0.15) is 32.1 Å². The summed E-state index contributed by atoms with van der Waals surface area (Å²) in [5.41, 5.74) is 0. The quantitative estimate of drug-likeness (QED) is 0.737. The van der Waals surface area contributed by atoms with Gasteiger partial charge in [0.05, 0.1) is 0 Å². The summed E-state index contributed by atoms with van der Waals surface area (Å²) < 4.78 is 5.93. The topological polar surface area (TPSA) is 22.1 Å². The average Bonchev–Trinajstić information content (AvgIpc) is 2.60. The maximum absolute atomic E-state index is 5.93. The van der Waals surface area contributed by atoms with Gasteiger partial charge in [-0.2, -0.15) is 0 Å². The lowest BCUT2D eigenvalue weighted by atomic mass is 9.87. The first-order valence-corrected chi connectivity index (χ1v) is 5.98. The molecule has 2 bridgehead atoms. The molecule has 0 aliphatic heterocycles. The summed E-state index contributed by atoms with van der Waals surface area (Å²) in [6.07, 6.45) is 9.00. The van der Waals surface area contributed by atoms with Crippen LogP contribution in [0.4, 0.5) is 0 Å². The van der Waals surface area contributed by atoms with Gasteiger partial charge in [0, 0.05) is 12.3 Å². The van der Waals surface area contributed by atoms with Gasteiger partial charge in [-0.05, 0) is 37.2 Å². The Balaban J connectivity index is 1.65. The fourth-order valence-electron chi connectivity index (χ4n) is 3.13. The van der Waals surface area contributed by atoms with Gasteiger partial charge in [0.2, 0.25) is 5.88 Å². The molecule has 1 unspecified atom stereocenters. The molecular formula is C13H17NO. The summed E-state index contributed by atoms with van der Waals surface area (Å²) >= 11 is 0. The van der Waals surface area contributed by atoms with Gasteiger partial charge in [-0.25, -0.2) is 4.98 Å². The molecule has 2 nitrogen and oxygen atoms in total. The molecule has 0 saturated heterocycles. The van der Waals surface area contributed by atoms with Gasteiger partial charge in [0.1, 0.15) is 6.10 Å². The molecule has 1 aromatic heterocycles. The van der Waals surface area contributed by atoms with E-state index in [1.807, 2.05) is 18.2 Å². The van der Waals surface area contributed by atoms with Crippen LogP contribution in [0.2, 0.25) is 0 Å². The van der Waals surface area contributed by atoms with Crippen molar-refractivity contribution in [2.24, 2.45) is 11.8 Å². The standard InChI is InChI=1S/C13H17NO/c1-2-6-14-13(3-1)15-12-8-10-4-5-11(7-10)9-12/h1-3,6,10-12H,4-5,7-9H2/t10-,11+,12?. The molecule has 3 atom stereocenters. The summed E-state index contributed by atoms with van der Waals surface area (Å²) in [4.78, 5) is 4.22. The van der Waals surface area contributed by atoms with E-state index in [0.717, 1.165) is 17.7 Å². The number of fused-ring (bicyclic) bond motifs is 2. The Morgan fingerprint density at radius 1 is 1.07 bits per heavy atom. The van der Waals surface area contributed by atoms with E-state index in [1.165, 1.54) is 32.1 Å². The van der Waals surface area contributed by atoms with E-state index in [0.29, 0.717) is 6.10 Å². The zero-order chi connectivity index (χ0) is 10.1. The van der Waals surface area contributed by atoms with Crippen molar-refractivity contribution in [2.75, 3.05) is 0 Å². The Labute approximate surface area is 90.7 Å². The Morgan fingerprint density at radius 3 is 2.53 bits per heavy atom. The highest BCUT2D eigenvalue weighted by Gasteiger charge is 2.35. The van der Waals surface area contributed by atoms with E-state index in [-0.39, 0.29) is 0 Å². The summed E-state index contributed by atoms with van der Waals surface area (Å²) in [7, 11) is 0. The van der Waals surface area contributed by atoms with Crippen molar-refractivity contribution in [3.8, 4) is 5.88 Å². The van der Waals surface area contributed by atoms with Crippen LogP contribution < -0.4 is 4.74 Å². The van der Waals surface area contributed by atoms with E-state index >= 15 is 0 Å². The van der Waals surface area contributed by atoms with Crippen molar-refractivity contribution in [1.29, 1.82) is 0 Å². The number of hydrogen-bond acceptors (Lipinski definition) is 2. The number of hydrogen-bond donors (Lipinski definition) is 0. The van der Waals surface area contributed by atoms with E-state index in [9.17, 15) is 0 Å². The van der Waals surface area contributed by atoms with Crippen LogP contribution in [-0.4, -0.2) is 11.1 Å². The second-order valence-corrected chi connectivity index (χ2v) is 4.92. The van der Waals surface area contributed by atoms with Crippen molar-refractivity contribution < 1.29 is 4.74 Å². The molecule has 0 aromatic carbocycles. The second kappa shape index (κ2) is 3.84. The number of nitrogens with zero attached hydrogens (tertiary/aromatic N) is 1. The molecule has 2 heteroatoms. The fourth-order valence-corrected chi connectivity index (χ4v) is 3.13. The van der Waals surface area contributed by atoms with E-state index < -0.39 is 0 Å². The maximum atomic E-state index is 5.93. The molecule has 80 valence electrons. The summed E-state index contributed by atoms with van der Waals surface area (Å²) in [5, 5.41) is 0. The van der Waals surface area contributed by atoms with Crippen molar-refractivity contribution in [2.45, 2.75) is 38.2 Å². The smallest absolute Gasteiger partial charge is 0.213 e. The third-order valence-electron chi connectivity index (χ3n) is 3.77. The third-order valence-corrected chi connectivity index (χ3v) is 3.77. The molecule has 2 aliphatic rings. The first kappa shape index (κ1) is 9.20. The lowest BCUT2D eigenvalue weighted by Crippen LogP contribution is -2.26. The Kier molecular flexibility index (Phi) is 2.35. The van der Waals surface area contributed by atoms with Gasteiger partial charge in [0.15, 0.2) is 0 Å². The molecule has 1 aromatic rings.